The third-order valence-electron chi connectivity index (χ3n) is 3.41. The van der Waals surface area contributed by atoms with E-state index in [0.717, 1.165) is 35.9 Å². The number of thioether (sulfide) groups is 1. The molecule has 1 aromatic rings. The van der Waals surface area contributed by atoms with E-state index in [1.54, 1.807) is 16.7 Å². The van der Waals surface area contributed by atoms with Crippen molar-refractivity contribution < 1.29 is 9.90 Å². The third kappa shape index (κ3) is 3.68. The number of hydrogen-bond donors (Lipinski definition) is 3. The van der Waals surface area contributed by atoms with Crippen molar-refractivity contribution in [3.8, 4) is 5.75 Å². The van der Waals surface area contributed by atoms with Gasteiger partial charge in [0, 0.05) is 32.4 Å². The zero-order valence-corrected chi connectivity index (χ0v) is 14.1. The van der Waals surface area contributed by atoms with Crippen LogP contribution in [0.25, 0.3) is 6.08 Å². The van der Waals surface area contributed by atoms with Crippen molar-refractivity contribution in [3.05, 3.63) is 22.6 Å². The van der Waals surface area contributed by atoms with Gasteiger partial charge in [0.15, 0.2) is 5.75 Å². The molecule has 0 aliphatic carbocycles. The number of amides is 1. The maximum absolute atomic E-state index is 12.2. The number of nitrogens with zero attached hydrogens (tertiary/aromatic N) is 1. The molecule has 0 radical (unpaired) electrons. The van der Waals surface area contributed by atoms with Gasteiger partial charge in [0.1, 0.15) is 0 Å². The van der Waals surface area contributed by atoms with Crippen molar-refractivity contribution >= 4 is 35.1 Å². The molecule has 22 heavy (non-hydrogen) atoms. The van der Waals surface area contributed by atoms with Crippen molar-refractivity contribution in [1.29, 1.82) is 0 Å². The van der Waals surface area contributed by atoms with E-state index in [4.69, 9.17) is 0 Å². The molecular formula is C16H23N3O2S. The molecule has 0 spiro atoms. The molecule has 2 rings (SSSR count). The molecule has 1 amide bonds. The molecule has 1 aromatic carbocycles. The van der Waals surface area contributed by atoms with E-state index >= 15 is 0 Å². The number of nitrogens with one attached hydrogen (secondary N) is 2. The number of likely N-dealkylation sites (N-methyl/N-ethyl adjacent to an activating group) is 1. The molecule has 0 bridgehead atoms. The van der Waals surface area contributed by atoms with Crippen LogP contribution in [0.5, 0.6) is 5.75 Å². The van der Waals surface area contributed by atoms with Crippen molar-refractivity contribution in [2.75, 3.05) is 43.1 Å². The van der Waals surface area contributed by atoms with Crippen LogP contribution in [0.2, 0.25) is 0 Å². The molecule has 0 saturated carbocycles. The molecule has 0 atom stereocenters. The van der Waals surface area contributed by atoms with Gasteiger partial charge in [-0.25, -0.2) is 0 Å². The summed E-state index contributed by atoms with van der Waals surface area (Å²) < 4.78 is 0. The van der Waals surface area contributed by atoms with Crippen LogP contribution in [0.1, 0.15) is 19.4 Å². The number of rotatable bonds is 5. The van der Waals surface area contributed by atoms with Gasteiger partial charge < -0.3 is 20.6 Å². The number of aromatic hydroxyl groups is 1. The molecule has 1 aliphatic rings. The minimum atomic E-state index is 0.0549. The smallest absolute Gasteiger partial charge is 0.260 e. The highest BCUT2D eigenvalue weighted by Crippen LogP contribution is 2.35. The molecule has 1 heterocycles. The quantitative estimate of drug-likeness (QED) is 0.575. The number of anilines is 2. The molecular weight excluding hydrogens is 298 g/mol. The highest BCUT2D eigenvalue weighted by molar-refractivity contribution is 8.04. The number of phenolic OH excluding ortho intramolecular Hbond substituents is 1. The molecule has 1 saturated heterocycles. The van der Waals surface area contributed by atoms with Gasteiger partial charge >= 0.3 is 0 Å². The van der Waals surface area contributed by atoms with Gasteiger partial charge in [-0.3, -0.25) is 4.79 Å². The first-order chi connectivity index (χ1) is 10.6. The minimum absolute atomic E-state index is 0.0549. The summed E-state index contributed by atoms with van der Waals surface area (Å²) in [7, 11) is 1.82. The van der Waals surface area contributed by atoms with E-state index in [2.05, 4.69) is 10.6 Å². The van der Waals surface area contributed by atoms with Crippen molar-refractivity contribution in [3.63, 3.8) is 0 Å². The molecule has 120 valence electrons. The van der Waals surface area contributed by atoms with Gasteiger partial charge in [-0.05, 0) is 37.6 Å². The van der Waals surface area contributed by atoms with Crippen molar-refractivity contribution in [2.45, 2.75) is 13.8 Å². The number of benzene rings is 1. The second kappa shape index (κ2) is 7.45. The topological polar surface area (TPSA) is 64.6 Å². The zero-order valence-electron chi connectivity index (χ0n) is 13.3. The SMILES string of the molecule is CCNc1cc(C=C2SCCN(C)C2=O)cc(NCC)c1O. The number of phenols is 1. The summed E-state index contributed by atoms with van der Waals surface area (Å²) in [4.78, 5) is 14.6. The Hall–Kier alpha value is -1.82. The van der Waals surface area contributed by atoms with Gasteiger partial charge in [-0.2, -0.15) is 0 Å². The minimum Gasteiger partial charge on any atom is -0.504 e. The van der Waals surface area contributed by atoms with Crippen LogP contribution in [0.3, 0.4) is 0 Å². The summed E-state index contributed by atoms with van der Waals surface area (Å²) in [6, 6.07) is 3.74. The number of hydrogen-bond acceptors (Lipinski definition) is 5. The van der Waals surface area contributed by atoms with Crippen LogP contribution in [-0.2, 0) is 4.79 Å². The van der Waals surface area contributed by atoms with Gasteiger partial charge in [-0.1, -0.05) is 0 Å². The maximum atomic E-state index is 12.2. The monoisotopic (exact) mass is 321 g/mol. The van der Waals surface area contributed by atoms with E-state index in [1.165, 1.54) is 0 Å². The first-order valence-electron chi connectivity index (χ1n) is 7.51. The fraction of sp³-hybridized carbons (Fsp3) is 0.438. The molecule has 6 heteroatoms. The van der Waals surface area contributed by atoms with Gasteiger partial charge in [0.2, 0.25) is 0 Å². The van der Waals surface area contributed by atoms with Crippen LogP contribution < -0.4 is 10.6 Å². The van der Waals surface area contributed by atoms with Gasteiger partial charge in [-0.15, -0.1) is 11.8 Å². The Morgan fingerprint density at radius 1 is 1.27 bits per heavy atom. The van der Waals surface area contributed by atoms with Gasteiger partial charge in [0.25, 0.3) is 5.91 Å². The average molecular weight is 321 g/mol. The Bertz CT molecular complexity index is 560. The highest BCUT2D eigenvalue weighted by atomic mass is 32.2. The molecule has 1 aliphatic heterocycles. The fourth-order valence-electron chi connectivity index (χ4n) is 2.29. The van der Waals surface area contributed by atoms with Crippen LogP contribution in [0.15, 0.2) is 17.0 Å². The lowest BCUT2D eigenvalue weighted by atomic mass is 10.1. The van der Waals surface area contributed by atoms with Crippen molar-refractivity contribution in [1.82, 2.24) is 4.90 Å². The van der Waals surface area contributed by atoms with Crippen LogP contribution in [0, 0.1) is 0 Å². The second-order valence-electron chi connectivity index (χ2n) is 5.11. The number of carbonyl (C=O) groups excluding carboxylic acids is 1. The normalized spacial score (nSPS) is 17.0. The Balaban J connectivity index is 2.39. The van der Waals surface area contributed by atoms with E-state index in [0.29, 0.717) is 11.4 Å². The molecule has 1 fully saturated rings. The Kier molecular flexibility index (Phi) is 5.60. The summed E-state index contributed by atoms with van der Waals surface area (Å²) in [6.45, 7) is 6.17. The Labute approximate surface area is 135 Å². The summed E-state index contributed by atoms with van der Waals surface area (Å²) >= 11 is 1.58. The first kappa shape index (κ1) is 16.5. The van der Waals surface area contributed by atoms with Crippen molar-refractivity contribution in [2.24, 2.45) is 0 Å². The van der Waals surface area contributed by atoms with E-state index in [-0.39, 0.29) is 11.7 Å². The van der Waals surface area contributed by atoms with E-state index < -0.39 is 0 Å². The molecule has 0 aromatic heterocycles. The van der Waals surface area contributed by atoms with Crippen LogP contribution in [-0.4, -0.2) is 48.3 Å². The Morgan fingerprint density at radius 3 is 2.41 bits per heavy atom. The average Bonchev–Trinajstić information content (AvgIpc) is 2.49. The fourth-order valence-corrected chi connectivity index (χ4v) is 3.37. The Morgan fingerprint density at radius 2 is 1.86 bits per heavy atom. The second-order valence-corrected chi connectivity index (χ2v) is 6.25. The summed E-state index contributed by atoms with van der Waals surface area (Å²) in [5.41, 5.74) is 2.25. The summed E-state index contributed by atoms with van der Waals surface area (Å²) in [5.74, 6) is 1.18. The third-order valence-corrected chi connectivity index (χ3v) is 4.40. The molecule has 3 N–H and O–H groups in total. The molecule has 5 nitrogen and oxygen atoms in total. The van der Waals surface area contributed by atoms with Crippen LogP contribution >= 0.6 is 11.8 Å². The lowest BCUT2D eigenvalue weighted by molar-refractivity contribution is -0.125. The van der Waals surface area contributed by atoms with Gasteiger partial charge in [0.05, 0.1) is 16.3 Å². The predicted molar refractivity (Wildman–Crippen MR) is 94.5 cm³/mol. The standard InChI is InChI=1S/C16H23N3O2S/c1-4-17-12-8-11(9-13(15(12)20)18-5-2)10-14-16(21)19(3)6-7-22-14/h8-10,17-18,20H,4-7H2,1-3H3. The summed E-state index contributed by atoms with van der Waals surface area (Å²) in [5, 5.41) is 16.6. The summed E-state index contributed by atoms with van der Waals surface area (Å²) in [6.07, 6.45) is 1.89. The maximum Gasteiger partial charge on any atom is 0.260 e. The predicted octanol–water partition coefficient (Wildman–Crippen LogP) is 2.80. The van der Waals surface area contributed by atoms with E-state index in [9.17, 15) is 9.90 Å². The number of carbonyl (C=O) groups is 1. The highest BCUT2D eigenvalue weighted by Gasteiger charge is 2.20. The largest absolute Gasteiger partial charge is 0.504 e. The lowest BCUT2D eigenvalue weighted by Crippen LogP contribution is -2.33. The van der Waals surface area contributed by atoms with E-state index in [1.807, 2.05) is 39.1 Å². The zero-order chi connectivity index (χ0) is 16.1. The first-order valence-corrected chi connectivity index (χ1v) is 8.50. The van der Waals surface area contributed by atoms with Crippen LogP contribution in [0.4, 0.5) is 11.4 Å². The molecule has 0 unspecified atom stereocenters. The lowest BCUT2D eigenvalue weighted by Gasteiger charge is -2.23.